The van der Waals surface area contributed by atoms with E-state index in [1.807, 2.05) is 0 Å². The molecule has 2 nitrogen and oxygen atoms in total. The SMILES string of the molecule is FC(F)(F)c1cc(NC2=NCCCS2)ccc1Br. The van der Waals surface area contributed by atoms with Crippen LogP contribution >= 0.6 is 27.7 Å². The molecule has 7 heteroatoms. The van der Waals surface area contributed by atoms with Gasteiger partial charge < -0.3 is 5.32 Å². The van der Waals surface area contributed by atoms with Crippen molar-refractivity contribution in [2.45, 2.75) is 12.6 Å². The van der Waals surface area contributed by atoms with Gasteiger partial charge in [0.15, 0.2) is 5.17 Å². The molecule has 0 bridgehead atoms. The van der Waals surface area contributed by atoms with Gasteiger partial charge in [-0.1, -0.05) is 27.7 Å². The van der Waals surface area contributed by atoms with Crippen LogP contribution in [0.2, 0.25) is 0 Å². The first kappa shape index (κ1) is 13.7. The van der Waals surface area contributed by atoms with Gasteiger partial charge in [0.1, 0.15) is 0 Å². The van der Waals surface area contributed by atoms with Crippen LogP contribution in [-0.4, -0.2) is 17.5 Å². The molecule has 0 aromatic heterocycles. The topological polar surface area (TPSA) is 24.4 Å². The lowest BCUT2D eigenvalue weighted by atomic mass is 10.2. The molecule has 0 atom stereocenters. The van der Waals surface area contributed by atoms with Gasteiger partial charge in [-0.25, -0.2) is 0 Å². The highest BCUT2D eigenvalue weighted by molar-refractivity contribution is 9.10. The average Bonchev–Trinajstić information content (AvgIpc) is 2.31. The highest BCUT2D eigenvalue weighted by Crippen LogP contribution is 2.36. The molecular formula is C11H10BrF3N2S. The van der Waals surface area contributed by atoms with Crippen LogP contribution in [0.15, 0.2) is 27.7 Å². The Labute approximate surface area is 115 Å². The van der Waals surface area contributed by atoms with E-state index in [1.165, 1.54) is 17.8 Å². The summed E-state index contributed by atoms with van der Waals surface area (Å²) in [6.07, 6.45) is -3.36. The Kier molecular flexibility index (Phi) is 4.21. The molecule has 1 aliphatic heterocycles. The maximum atomic E-state index is 12.7. The lowest BCUT2D eigenvalue weighted by molar-refractivity contribution is -0.138. The molecule has 0 saturated heterocycles. The van der Waals surface area contributed by atoms with E-state index in [9.17, 15) is 13.2 Å². The van der Waals surface area contributed by atoms with Crippen LogP contribution in [0.4, 0.5) is 18.9 Å². The van der Waals surface area contributed by atoms with Crippen molar-refractivity contribution < 1.29 is 13.2 Å². The van der Waals surface area contributed by atoms with Crippen LogP contribution < -0.4 is 5.32 Å². The quantitative estimate of drug-likeness (QED) is 0.822. The molecule has 0 spiro atoms. The number of thioether (sulfide) groups is 1. The minimum Gasteiger partial charge on any atom is -0.335 e. The number of benzene rings is 1. The van der Waals surface area contributed by atoms with Crippen LogP contribution in [0.25, 0.3) is 0 Å². The Morgan fingerprint density at radius 2 is 2.11 bits per heavy atom. The number of aliphatic imine (C=N–C) groups is 1. The molecule has 1 aromatic rings. The minimum absolute atomic E-state index is 0.0405. The van der Waals surface area contributed by atoms with Crippen molar-refractivity contribution in [2.75, 3.05) is 17.6 Å². The van der Waals surface area contributed by atoms with Crippen molar-refractivity contribution in [1.29, 1.82) is 0 Å². The first-order valence-corrected chi connectivity index (χ1v) is 7.06. The Bertz CT molecular complexity index is 474. The summed E-state index contributed by atoms with van der Waals surface area (Å²) in [6, 6.07) is 4.07. The highest BCUT2D eigenvalue weighted by atomic mass is 79.9. The number of nitrogens with zero attached hydrogens (tertiary/aromatic N) is 1. The molecule has 0 unspecified atom stereocenters. The second kappa shape index (κ2) is 5.52. The monoisotopic (exact) mass is 338 g/mol. The van der Waals surface area contributed by atoms with E-state index in [-0.39, 0.29) is 4.47 Å². The zero-order valence-corrected chi connectivity index (χ0v) is 11.6. The van der Waals surface area contributed by atoms with Crippen LogP contribution in [0, 0.1) is 0 Å². The second-order valence-electron chi connectivity index (χ2n) is 3.71. The first-order valence-electron chi connectivity index (χ1n) is 5.28. The van der Waals surface area contributed by atoms with Crippen molar-refractivity contribution in [2.24, 2.45) is 4.99 Å². The van der Waals surface area contributed by atoms with Crippen molar-refractivity contribution in [3.05, 3.63) is 28.2 Å². The summed E-state index contributed by atoms with van der Waals surface area (Å²) >= 11 is 4.43. The Morgan fingerprint density at radius 1 is 1.33 bits per heavy atom. The molecule has 98 valence electrons. The third-order valence-electron chi connectivity index (χ3n) is 2.32. The maximum absolute atomic E-state index is 12.7. The van der Waals surface area contributed by atoms with E-state index in [4.69, 9.17) is 0 Å². The van der Waals surface area contributed by atoms with Gasteiger partial charge in [0.05, 0.1) is 5.56 Å². The maximum Gasteiger partial charge on any atom is 0.417 e. The molecule has 0 aliphatic carbocycles. The van der Waals surface area contributed by atoms with Gasteiger partial charge in [-0.05, 0) is 24.6 Å². The van der Waals surface area contributed by atoms with Gasteiger partial charge in [-0.2, -0.15) is 13.2 Å². The number of nitrogens with one attached hydrogen (secondary N) is 1. The van der Waals surface area contributed by atoms with Gasteiger partial charge in [0.2, 0.25) is 0 Å². The lowest BCUT2D eigenvalue weighted by Crippen LogP contribution is -2.14. The summed E-state index contributed by atoms with van der Waals surface area (Å²) in [5.41, 5.74) is -0.285. The molecule has 0 fully saturated rings. The van der Waals surface area contributed by atoms with Crippen LogP contribution in [0.3, 0.4) is 0 Å². The van der Waals surface area contributed by atoms with Gasteiger partial charge in [0, 0.05) is 22.5 Å². The van der Waals surface area contributed by atoms with E-state index in [0.29, 0.717) is 10.9 Å². The summed E-state index contributed by atoms with van der Waals surface area (Å²) < 4.78 is 38.2. The molecular weight excluding hydrogens is 329 g/mol. The van der Waals surface area contributed by atoms with E-state index >= 15 is 0 Å². The molecule has 18 heavy (non-hydrogen) atoms. The average molecular weight is 339 g/mol. The summed E-state index contributed by atoms with van der Waals surface area (Å²) in [6.45, 7) is 0.720. The predicted octanol–water partition coefficient (Wildman–Crippen LogP) is 4.37. The van der Waals surface area contributed by atoms with Crippen LogP contribution in [-0.2, 0) is 6.18 Å². The number of alkyl halides is 3. The van der Waals surface area contributed by atoms with Crippen LogP contribution in [0.5, 0.6) is 0 Å². The van der Waals surface area contributed by atoms with Gasteiger partial charge in [-0.3, -0.25) is 4.99 Å². The summed E-state index contributed by atoms with van der Waals surface area (Å²) in [5, 5.41) is 3.59. The van der Waals surface area contributed by atoms with E-state index in [0.717, 1.165) is 24.8 Å². The number of halogens is 4. The number of hydrogen-bond donors (Lipinski definition) is 1. The molecule has 2 rings (SSSR count). The minimum atomic E-state index is -4.36. The molecule has 1 heterocycles. The third kappa shape index (κ3) is 3.41. The molecule has 0 radical (unpaired) electrons. The smallest absolute Gasteiger partial charge is 0.335 e. The number of amidine groups is 1. The van der Waals surface area contributed by atoms with E-state index in [2.05, 4.69) is 26.2 Å². The lowest BCUT2D eigenvalue weighted by Gasteiger charge is -2.15. The largest absolute Gasteiger partial charge is 0.417 e. The Morgan fingerprint density at radius 3 is 2.72 bits per heavy atom. The Hall–Kier alpha value is -0.690. The normalized spacial score (nSPS) is 16.3. The number of rotatable bonds is 1. The fraction of sp³-hybridized carbons (Fsp3) is 0.364. The third-order valence-corrected chi connectivity index (χ3v) is 4.01. The van der Waals surface area contributed by atoms with Gasteiger partial charge >= 0.3 is 6.18 Å². The Balaban J connectivity index is 2.22. The summed E-state index contributed by atoms with van der Waals surface area (Å²) in [7, 11) is 0. The van der Waals surface area contributed by atoms with Crippen molar-refractivity contribution in [3.8, 4) is 0 Å². The van der Waals surface area contributed by atoms with Gasteiger partial charge in [-0.15, -0.1) is 0 Å². The van der Waals surface area contributed by atoms with Crippen LogP contribution in [0.1, 0.15) is 12.0 Å². The summed E-state index contributed by atoms with van der Waals surface area (Å²) in [5.74, 6) is 0.939. The molecule has 0 saturated carbocycles. The van der Waals surface area contributed by atoms with E-state index < -0.39 is 11.7 Å². The zero-order valence-electron chi connectivity index (χ0n) is 9.22. The molecule has 1 aliphatic rings. The fourth-order valence-corrected chi connectivity index (χ4v) is 2.79. The first-order chi connectivity index (χ1) is 8.47. The van der Waals surface area contributed by atoms with Gasteiger partial charge in [0.25, 0.3) is 0 Å². The van der Waals surface area contributed by atoms with Crippen molar-refractivity contribution >= 4 is 38.5 Å². The zero-order chi connectivity index (χ0) is 13.2. The van der Waals surface area contributed by atoms with Crippen molar-refractivity contribution in [3.63, 3.8) is 0 Å². The standard InChI is InChI=1S/C11H10BrF3N2S/c12-9-3-2-7(6-8(9)11(13,14)15)17-10-16-4-1-5-18-10/h2-3,6H,1,4-5H2,(H,16,17). The van der Waals surface area contributed by atoms with E-state index in [1.54, 1.807) is 6.07 Å². The molecule has 1 aromatic carbocycles. The molecule has 1 N–H and O–H groups in total. The second-order valence-corrected chi connectivity index (χ2v) is 5.64. The fourth-order valence-electron chi connectivity index (χ4n) is 1.48. The summed E-state index contributed by atoms with van der Waals surface area (Å²) in [4.78, 5) is 4.21. The number of hydrogen-bond acceptors (Lipinski definition) is 3. The molecule has 0 amide bonds. The highest BCUT2D eigenvalue weighted by Gasteiger charge is 2.33. The predicted molar refractivity (Wildman–Crippen MR) is 72.1 cm³/mol. The van der Waals surface area contributed by atoms with Crippen molar-refractivity contribution in [1.82, 2.24) is 0 Å². The number of anilines is 1.